The van der Waals surface area contributed by atoms with E-state index >= 15 is 0 Å². The minimum atomic E-state index is -0.223. The van der Waals surface area contributed by atoms with E-state index in [1.165, 1.54) is 11.8 Å². The van der Waals surface area contributed by atoms with E-state index in [2.05, 4.69) is 15.3 Å². The van der Waals surface area contributed by atoms with Crippen molar-refractivity contribution in [2.24, 2.45) is 5.92 Å². The van der Waals surface area contributed by atoms with Crippen LogP contribution in [0.25, 0.3) is 0 Å². The zero-order valence-corrected chi connectivity index (χ0v) is 14.6. The van der Waals surface area contributed by atoms with Crippen LogP contribution in [0.2, 0.25) is 0 Å². The van der Waals surface area contributed by atoms with Crippen molar-refractivity contribution in [3.8, 4) is 5.75 Å². The summed E-state index contributed by atoms with van der Waals surface area (Å²) >= 11 is 1.49. The molecule has 2 aromatic rings. The molecule has 6 heteroatoms. The number of rotatable bonds is 6. The smallest absolute Gasteiger partial charge is 0.311 e. The van der Waals surface area contributed by atoms with Crippen molar-refractivity contribution >= 4 is 29.2 Å². The number of benzene rings is 1. The zero-order chi connectivity index (χ0) is 16.8. The van der Waals surface area contributed by atoms with Crippen LogP contribution in [0.5, 0.6) is 5.75 Å². The Bertz CT molecular complexity index is 689. The number of nitrogens with one attached hydrogen (secondary N) is 1. The van der Waals surface area contributed by atoms with Crippen molar-refractivity contribution in [3.05, 3.63) is 36.0 Å². The maximum Gasteiger partial charge on any atom is 0.311 e. The van der Waals surface area contributed by atoms with Gasteiger partial charge in [0.1, 0.15) is 11.6 Å². The average molecular weight is 331 g/mol. The Balaban J connectivity index is 2.11. The third-order valence-corrected chi connectivity index (χ3v) is 3.48. The van der Waals surface area contributed by atoms with Gasteiger partial charge >= 0.3 is 5.97 Å². The quantitative estimate of drug-likeness (QED) is 0.370. The number of carbonyl (C=O) groups is 1. The fourth-order valence-corrected chi connectivity index (χ4v) is 2.41. The fourth-order valence-electron chi connectivity index (χ4n) is 1.99. The highest BCUT2D eigenvalue weighted by atomic mass is 32.2. The lowest BCUT2D eigenvalue weighted by Crippen LogP contribution is -2.10. The lowest BCUT2D eigenvalue weighted by atomic mass is 10.1. The van der Waals surface area contributed by atoms with Crippen molar-refractivity contribution < 1.29 is 9.53 Å². The van der Waals surface area contributed by atoms with Gasteiger partial charge in [-0.15, -0.1) is 0 Å². The molecule has 5 nitrogen and oxygen atoms in total. The summed E-state index contributed by atoms with van der Waals surface area (Å²) in [6.45, 7) is 5.90. The van der Waals surface area contributed by atoms with E-state index in [1.807, 2.05) is 45.2 Å². The Kier molecular flexibility index (Phi) is 5.98. The van der Waals surface area contributed by atoms with Gasteiger partial charge in [0.2, 0.25) is 0 Å². The standard InChI is InChI=1S/C17H21N3O2S/c1-11(2)8-16(21)22-14-7-5-6-13(10-14)19-15-9-12(3)18-17(20-15)23-4/h5-7,9-11H,8H2,1-4H3,(H,18,19,20). The number of ether oxygens (including phenoxy) is 1. The van der Waals surface area contributed by atoms with Crippen molar-refractivity contribution in [2.75, 3.05) is 11.6 Å². The molecule has 0 radical (unpaired) electrons. The maximum absolute atomic E-state index is 11.8. The van der Waals surface area contributed by atoms with Crippen molar-refractivity contribution in [2.45, 2.75) is 32.3 Å². The molecule has 0 unspecified atom stereocenters. The lowest BCUT2D eigenvalue weighted by molar-refractivity contribution is -0.135. The molecule has 1 N–H and O–H groups in total. The molecule has 1 aromatic heterocycles. The number of hydrogen-bond acceptors (Lipinski definition) is 6. The molecular weight excluding hydrogens is 310 g/mol. The van der Waals surface area contributed by atoms with E-state index in [0.717, 1.165) is 11.4 Å². The summed E-state index contributed by atoms with van der Waals surface area (Å²) in [6.07, 6.45) is 2.34. The Morgan fingerprint density at radius 3 is 2.78 bits per heavy atom. The molecule has 23 heavy (non-hydrogen) atoms. The van der Waals surface area contributed by atoms with E-state index in [9.17, 15) is 4.79 Å². The molecule has 1 aromatic carbocycles. The molecule has 0 atom stereocenters. The van der Waals surface area contributed by atoms with Crippen LogP contribution in [-0.2, 0) is 4.79 Å². The Hall–Kier alpha value is -2.08. The molecule has 0 saturated carbocycles. The first kappa shape index (κ1) is 17.3. The first-order valence-corrected chi connectivity index (χ1v) is 8.66. The van der Waals surface area contributed by atoms with E-state index in [-0.39, 0.29) is 11.9 Å². The molecule has 0 aliphatic heterocycles. The second-order valence-corrected chi connectivity index (χ2v) is 6.38. The third-order valence-electron chi connectivity index (χ3n) is 2.93. The van der Waals surface area contributed by atoms with Crippen LogP contribution in [0.3, 0.4) is 0 Å². The first-order chi connectivity index (χ1) is 11.0. The monoisotopic (exact) mass is 331 g/mol. The van der Waals surface area contributed by atoms with Gasteiger partial charge < -0.3 is 10.1 Å². The Labute approximate surface area is 140 Å². The van der Waals surface area contributed by atoms with Crippen LogP contribution in [-0.4, -0.2) is 22.2 Å². The van der Waals surface area contributed by atoms with Crippen molar-refractivity contribution in [1.82, 2.24) is 9.97 Å². The fraction of sp³-hybridized carbons (Fsp3) is 0.353. The summed E-state index contributed by atoms with van der Waals surface area (Å²) in [4.78, 5) is 20.5. The van der Waals surface area contributed by atoms with Gasteiger partial charge in [0, 0.05) is 29.9 Å². The average Bonchev–Trinajstić information content (AvgIpc) is 2.45. The highest BCUT2D eigenvalue weighted by Gasteiger charge is 2.08. The SMILES string of the molecule is CSc1nc(C)cc(Nc2cccc(OC(=O)CC(C)C)c2)n1. The highest BCUT2D eigenvalue weighted by molar-refractivity contribution is 7.98. The van der Waals surface area contributed by atoms with Gasteiger partial charge in [0.25, 0.3) is 0 Å². The number of aromatic nitrogens is 2. The van der Waals surface area contributed by atoms with Gasteiger partial charge in [0.15, 0.2) is 5.16 Å². The highest BCUT2D eigenvalue weighted by Crippen LogP contribution is 2.22. The Morgan fingerprint density at radius 1 is 1.30 bits per heavy atom. The van der Waals surface area contributed by atoms with Gasteiger partial charge in [-0.05, 0) is 31.2 Å². The minimum Gasteiger partial charge on any atom is -0.426 e. The summed E-state index contributed by atoms with van der Waals surface area (Å²) in [5, 5.41) is 3.93. The third kappa shape index (κ3) is 5.56. The normalized spacial score (nSPS) is 10.7. The molecule has 0 fully saturated rings. The molecular formula is C17H21N3O2S. The van der Waals surface area contributed by atoms with E-state index < -0.39 is 0 Å². The van der Waals surface area contributed by atoms with Crippen molar-refractivity contribution in [3.63, 3.8) is 0 Å². The van der Waals surface area contributed by atoms with E-state index in [0.29, 0.717) is 23.1 Å². The molecule has 0 amide bonds. The van der Waals surface area contributed by atoms with Crippen LogP contribution in [0.1, 0.15) is 26.0 Å². The topological polar surface area (TPSA) is 64.1 Å². The van der Waals surface area contributed by atoms with Crippen LogP contribution < -0.4 is 10.1 Å². The second-order valence-electron chi connectivity index (χ2n) is 5.61. The van der Waals surface area contributed by atoms with E-state index in [4.69, 9.17) is 4.74 Å². The van der Waals surface area contributed by atoms with E-state index in [1.54, 1.807) is 12.1 Å². The lowest BCUT2D eigenvalue weighted by Gasteiger charge is -2.10. The molecule has 122 valence electrons. The summed E-state index contributed by atoms with van der Waals surface area (Å²) < 4.78 is 5.36. The predicted molar refractivity (Wildman–Crippen MR) is 93.4 cm³/mol. The molecule has 0 bridgehead atoms. The first-order valence-electron chi connectivity index (χ1n) is 7.43. The summed E-state index contributed by atoms with van der Waals surface area (Å²) in [6, 6.07) is 9.16. The van der Waals surface area contributed by atoms with Crippen LogP contribution >= 0.6 is 11.8 Å². The Morgan fingerprint density at radius 2 is 2.09 bits per heavy atom. The largest absolute Gasteiger partial charge is 0.426 e. The molecule has 0 aliphatic rings. The van der Waals surface area contributed by atoms with Gasteiger partial charge in [-0.1, -0.05) is 31.7 Å². The summed E-state index contributed by atoms with van der Waals surface area (Å²) in [5.74, 6) is 1.29. The molecule has 2 rings (SSSR count). The number of anilines is 2. The summed E-state index contributed by atoms with van der Waals surface area (Å²) in [7, 11) is 0. The zero-order valence-electron chi connectivity index (χ0n) is 13.8. The number of carbonyl (C=O) groups excluding carboxylic acids is 1. The molecule has 0 spiro atoms. The molecule has 0 saturated heterocycles. The number of thioether (sulfide) groups is 1. The van der Waals surface area contributed by atoms with Gasteiger partial charge in [-0.3, -0.25) is 4.79 Å². The van der Waals surface area contributed by atoms with Crippen molar-refractivity contribution in [1.29, 1.82) is 0 Å². The van der Waals surface area contributed by atoms with Gasteiger partial charge in [0.05, 0.1) is 0 Å². The predicted octanol–water partition coefficient (Wildman–Crippen LogP) is 4.20. The van der Waals surface area contributed by atoms with Crippen LogP contribution in [0.4, 0.5) is 11.5 Å². The molecule has 1 heterocycles. The molecule has 0 aliphatic carbocycles. The number of nitrogens with zero attached hydrogens (tertiary/aromatic N) is 2. The second kappa shape index (κ2) is 7.97. The van der Waals surface area contributed by atoms with Crippen LogP contribution in [0.15, 0.2) is 35.5 Å². The number of aryl methyl sites for hydroxylation is 1. The summed E-state index contributed by atoms with van der Waals surface area (Å²) in [5.41, 5.74) is 1.70. The van der Waals surface area contributed by atoms with Gasteiger partial charge in [-0.2, -0.15) is 0 Å². The minimum absolute atomic E-state index is 0.223. The number of hydrogen-bond donors (Lipinski definition) is 1. The maximum atomic E-state index is 11.8. The number of esters is 1. The van der Waals surface area contributed by atoms with Gasteiger partial charge in [-0.25, -0.2) is 9.97 Å². The van der Waals surface area contributed by atoms with Crippen LogP contribution in [0, 0.1) is 12.8 Å².